The molecule has 5 nitrogen and oxygen atoms in total. The Labute approximate surface area is 139 Å². The maximum atomic E-state index is 12.2. The van der Waals surface area contributed by atoms with Gasteiger partial charge in [0.15, 0.2) is 0 Å². The van der Waals surface area contributed by atoms with Crippen molar-refractivity contribution in [2.45, 2.75) is 32.8 Å². The molecular weight excluding hydrogens is 308 g/mol. The molecule has 0 saturated carbocycles. The van der Waals surface area contributed by atoms with Gasteiger partial charge in [-0.3, -0.25) is 0 Å². The van der Waals surface area contributed by atoms with Crippen LogP contribution >= 0.6 is 0 Å². The number of rotatable bonds is 2. The van der Waals surface area contributed by atoms with Gasteiger partial charge >= 0.3 is 11.9 Å². The lowest BCUT2D eigenvalue weighted by Gasteiger charge is -2.45. The lowest BCUT2D eigenvalue weighted by atomic mass is 9.60. The molecule has 0 spiro atoms. The molecule has 124 valence electrons. The van der Waals surface area contributed by atoms with Crippen molar-refractivity contribution in [1.29, 1.82) is 0 Å². The summed E-state index contributed by atoms with van der Waals surface area (Å²) in [6, 6.07) is 3.26. The Morgan fingerprint density at radius 1 is 1.38 bits per heavy atom. The van der Waals surface area contributed by atoms with Gasteiger partial charge in [0.25, 0.3) is 0 Å². The van der Waals surface area contributed by atoms with Crippen molar-refractivity contribution in [3.8, 4) is 0 Å². The molecule has 5 heteroatoms. The normalized spacial score (nSPS) is 31.2. The molecule has 4 rings (SSSR count). The van der Waals surface area contributed by atoms with Crippen molar-refractivity contribution in [2.75, 3.05) is 0 Å². The molecule has 3 aliphatic rings. The van der Waals surface area contributed by atoms with Gasteiger partial charge in [-0.15, -0.1) is 0 Å². The van der Waals surface area contributed by atoms with Gasteiger partial charge in [0.05, 0.1) is 6.26 Å². The second-order valence-corrected chi connectivity index (χ2v) is 6.80. The quantitative estimate of drug-likeness (QED) is 0.778. The molecule has 2 heterocycles. The van der Waals surface area contributed by atoms with Gasteiger partial charge in [-0.05, 0) is 30.2 Å². The topological polar surface area (TPSA) is 65.7 Å². The number of carbonyl (C=O) groups excluding carboxylic acids is 2. The van der Waals surface area contributed by atoms with Crippen LogP contribution in [0.15, 0.2) is 57.9 Å². The van der Waals surface area contributed by atoms with E-state index in [0.29, 0.717) is 18.6 Å². The highest BCUT2D eigenvalue weighted by atomic mass is 16.6. The summed E-state index contributed by atoms with van der Waals surface area (Å²) in [5.74, 6) is 0.216. The number of allylic oxidation sites excluding steroid dienone is 3. The number of ether oxygens (including phenoxy) is 2. The van der Waals surface area contributed by atoms with E-state index in [9.17, 15) is 9.59 Å². The molecule has 24 heavy (non-hydrogen) atoms. The summed E-state index contributed by atoms with van der Waals surface area (Å²) in [7, 11) is 0. The van der Waals surface area contributed by atoms with E-state index in [1.807, 2.05) is 6.08 Å². The van der Waals surface area contributed by atoms with Crippen molar-refractivity contribution in [2.24, 2.45) is 11.3 Å². The third-order valence-electron chi connectivity index (χ3n) is 5.44. The Morgan fingerprint density at radius 3 is 2.96 bits per heavy atom. The molecule has 0 N–H and O–H groups in total. The maximum Gasteiger partial charge on any atom is 0.374 e. The first-order valence-electron chi connectivity index (χ1n) is 8.07. The fourth-order valence-corrected chi connectivity index (χ4v) is 3.79. The molecule has 1 aliphatic heterocycles. The zero-order valence-electron chi connectivity index (χ0n) is 13.6. The molecule has 0 bridgehead atoms. The van der Waals surface area contributed by atoms with Crippen LogP contribution in [0, 0.1) is 11.3 Å². The summed E-state index contributed by atoms with van der Waals surface area (Å²) in [5.41, 5.74) is 1.86. The van der Waals surface area contributed by atoms with Crippen LogP contribution < -0.4 is 0 Å². The molecule has 0 saturated heterocycles. The highest BCUT2D eigenvalue weighted by Gasteiger charge is 2.47. The predicted octanol–water partition coefficient (Wildman–Crippen LogP) is 3.55. The third-order valence-corrected chi connectivity index (χ3v) is 5.44. The average Bonchev–Trinajstić information content (AvgIpc) is 3.17. The van der Waals surface area contributed by atoms with Crippen LogP contribution in [0.1, 0.15) is 37.2 Å². The fraction of sp³-hybridized carbons (Fsp3) is 0.368. The van der Waals surface area contributed by atoms with Crippen molar-refractivity contribution >= 4 is 11.9 Å². The maximum absolute atomic E-state index is 12.2. The highest BCUT2D eigenvalue weighted by Crippen LogP contribution is 2.52. The minimum Gasteiger partial charge on any atom is -0.457 e. The van der Waals surface area contributed by atoms with Gasteiger partial charge in [0.1, 0.15) is 11.9 Å². The van der Waals surface area contributed by atoms with E-state index in [0.717, 1.165) is 11.1 Å². The molecule has 0 unspecified atom stereocenters. The monoisotopic (exact) mass is 326 g/mol. The van der Waals surface area contributed by atoms with Crippen LogP contribution in [0.3, 0.4) is 0 Å². The lowest BCUT2D eigenvalue weighted by Crippen LogP contribution is -2.42. The number of hydrogen-bond acceptors (Lipinski definition) is 5. The predicted molar refractivity (Wildman–Crippen MR) is 84.8 cm³/mol. The number of furan rings is 1. The minimum atomic E-state index is -0.442. The van der Waals surface area contributed by atoms with Crippen molar-refractivity contribution in [3.63, 3.8) is 0 Å². The Kier molecular flexibility index (Phi) is 3.27. The molecule has 0 radical (unpaired) electrons. The summed E-state index contributed by atoms with van der Waals surface area (Å²) < 4.78 is 16.0. The molecule has 1 aromatic heterocycles. The van der Waals surface area contributed by atoms with Gasteiger partial charge < -0.3 is 13.9 Å². The van der Waals surface area contributed by atoms with E-state index in [1.54, 1.807) is 18.2 Å². The van der Waals surface area contributed by atoms with Gasteiger partial charge in [0, 0.05) is 29.4 Å². The fourth-order valence-electron chi connectivity index (χ4n) is 3.79. The second kappa shape index (κ2) is 5.23. The smallest absolute Gasteiger partial charge is 0.374 e. The largest absolute Gasteiger partial charge is 0.457 e. The summed E-state index contributed by atoms with van der Waals surface area (Å²) >= 11 is 0. The van der Waals surface area contributed by atoms with E-state index in [-0.39, 0.29) is 29.2 Å². The Balaban J connectivity index is 1.60. The van der Waals surface area contributed by atoms with Gasteiger partial charge in [-0.25, -0.2) is 9.59 Å². The van der Waals surface area contributed by atoms with E-state index in [4.69, 9.17) is 13.9 Å². The summed E-state index contributed by atoms with van der Waals surface area (Å²) in [4.78, 5) is 23.7. The average molecular weight is 326 g/mol. The second-order valence-electron chi connectivity index (χ2n) is 6.80. The first-order valence-corrected chi connectivity index (χ1v) is 8.07. The Hall–Kier alpha value is -2.56. The summed E-state index contributed by atoms with van der Waals surface area (Å²) in [5, 5.41) is 0. The van der Waals surface area contributed by atoms with Crippen LogP contribution in [0.4, 0.5) is 0 Å². The number of fused-ring (bicyclic) bond motifs is 2. The first-order chi connectivity index (χ1) is 11.5. The van der Waals surface area contributed by atoms with Crippen molar-refractivity contribution in [3.05, 3.63) is 59.3 Å². The number of esters is 2. The van der Waals surface area contributed by atoms with Gasteiger partial charge in [-0.1, -0.05) is 19.9 Å². The molecular formula is C19H18O5. The van der Waals surface area contributed by atoms with E-state index >= 15 is 0 Å². The minimum absolute atomic E-state index is 0.103. The van der Waals surface area contributed by atoms with E-state index in [2.05, 4.69) is 19.9 Å². The van der Waals surface area contributed by atoms with Crippen molar-refractivity contribution < 1.29 is 23.5 Å². The first kappa shape index (κ1) is 15.0. The van der Waals surface area contributed by atoms with Crippen LogP contribution in [-0.4, -0.2) is 18.0 Å². The van der Waals surface area contributed by atoms with Gasteiger partial charge in [0.2, 0.25) is 5.76 Å². The zero-order valence-corrected chi connectivity index (χ0v) is 13.6. The molecule has 0 fully saturated rings. The van der Waals surface area contributed by atoms with Crippen molar-refractivity contribution in [1.82, 2.24) is 0 Å². The van der Waals surface area contributed by atoms with Gasteiger partial charge in [-0.2, -0.15) is 0 Å². The molecule has 0 amide bonds. The SMILES string of the molecule is C[C@H]1[C@@H](OC(=O)c2ccco2)CC=C2C=C3OC(=O)C=C3C[C@@]21C. The molecule has 3 atom stereocenters. The Bertz CT molecular complexity index is 796. The highest BCUT2D eigenvalue weighted by molar-refractivity contribution is 5.89. The van der Waals surface area contributed by atoms with Crippen LogP contribution in [0.5, 0.6) is 0 Å². The lowest BCUT2D eigenvalue weighted by molar-refractivity contribution is -0.132. The van der Waals surface area contributed by atoms with E-state index in [1.165, 1.54) is 6.26 Å². The zero-order chi connectivity index (χ0) is 16.9. The number of carbonyl (C=O) groups is 2. The summed E-state index contributed by atoms with van der Waals surface area (Å²) in [6.45, 7) is 4.23. The molecule has 2 aliphatic carbocycles. The van der Waals surface area contributed by atoms with Crippen LogP contribution in [0.2, 0.25) is 0 Å². The number of hydrogen-bond donors (Lipinski definition) is 0. The molecule has 0 aromatic carbocycles. The summed E-state index contributed by atoms with van der Waals surface area (Å²) in [6.07, 6.45) is 8.14. The Morgan fingerprint density at radius 2 is 2.21 bits per heavy atom. The van der Waals surface area contributed by atoms with E-state index < -0.39 is 5.97 Å². The standard InChI is InChI=1S/C19H18O5/c1-11-14(24-18(21)15-4-3-7-22-15)6-5-13-9-16-12(8-17(20)23-16)10-19(11,13)2/h3-5,7-9,11,14H,6,10H2,1-2H3/t11-,14-,19+/m0/s1. The van der Waals surface area contributed by atoms with Crippen LogP contribution in [-0.2, 0) is 14.3 Å². The third kappa shape index (κ3) is 2.23. The van der Waals surface area contributed by atoms with Crippen LogP contribution in [0.25, 0.3) is 0 Å². The molecule has 1 aromatic rings.